The third-order valence-corrected chi connectivity index (χ3v) is 4.77. The van der Waals surface area contributed by atoms with Gasteiger partial charge < -0.3 is 4.90 Å². The minimum atomic E-state index is -0.0579. The lowest BCUT2D eigenvalue weighted by atomic mass is 10.2. The first-order chi connectivity index (χ1) is 12.2. The van der Waals surface area contributed by atoms with Crippen molar-refractivity contribution in [1.29, 1.82) is 0 Å². The number of likely N-dealkylation sites (tertiary alicyclic amines) is 1. The fraction of sp³-hybridized carbons (Fsp3) is 0.500. The molecule has 0 spiro atoms. The molecule has 2 aromatic rings. The number of hydrogen-bond donors (Lipinski definition) is 1. The molecule has 3 rings (SSSR count). The molecule has 2 amide bonds. The lowest BCUT2D eigenvalue weighted by molar-refractivity contribution is 0.202. The predicted molar refractivity (Wildman–Crippen MR) is 97.5 cm³/mol. The van der Waals surface area contributed by atoms with Crippen LogP contribution in [0.15, 0.2) is 36.7 Å². The Hall–Kier alpha value is -2.41. The molecule has 1 aliphatic heterocycles. The standard InChI is InChI=1S/C18H26N6O/c1-3-22(4-2)16-9-12-23(14-16)18(25)21-17-8-11-20-24(17)13-15-7-5-6-10-19-15/h5-8,10-11,16H,3-4,9,12-14H2,1-2H3,(H,21,25). The van der Waals surface area contributed by atoms with Crippen LogP contribution < -0.4 is 5.32 Å². The van der Waals surface area contributed by atoms with Gasteiger partial charge in [-0.15, -0.1) is 0 Å². The van der Waals surface area contributed by atoms with Crippen molar-refractivity contribution in [2.45, 2.75) is 32.9 Å². The number of hydrogen-bond acceptors (Lipinski definition) is 4. The van der Waals surface area contributed by atoms with Gasteiger partial charge in [0.15, 0.2) is 0 Å². The van der Waals surface area contributed by atoms with Crippen LogP contribution in [-0.2, 0) is 6.54 Å². The molecule has 0 saturated carbocycles. The summed E-state index contributed by atoms with van der Waals surface area (Å²) in [5, 5.41) is 7.29. The maximum absolute atomic E-state index is 12.6. The van der Waals surface area contributed by atoms with Crippen molar-refractivity contribution in [3.63, 3.8) is 0 Å². The number of amides is 2. The number of aromatic nitrogens is 3. The van der Waals surface area contributed by atoms with Crippen LogP contribution in [0, 0.1) is 0 Å². The number of likely N-dealkylation sites (N-methyl/N-ethyl adjacent to an activating group) is 1. The summed E-state index contributed by atoms with van der Waals surface area (Å²) in [6, 6.07) is 7.99. The van der Waals surface area contributed by atoms with E-state index in [1.165, 1.54) is 0 Å². The summed E-state index contributed by atoms with van der Waals surface area (Å²) < 4.78 is 1.76. The minimum absolute atomic E-state index is 0.0579. The number of urea groups is 1. The summed E-state index contributed by atoms with van der Waals surface area (Å²) in [5.74, 6) is 0.696. The second kappa shape index (κ2) is 8.11. The van der Waals surface area contributed by atoms with Gasteiger partial charge in [0.25, 0.3) is 0 Å². The maximum Gasteiger partial charge on any atom is 0.323 e. The van der Waals surface area contributed by atoms with Crippen LogP contribution >= 0.6 is 0 Å². The van der Waals surface area contributed by atoms with Crippen molar-refractivity contribution in [2.75, 3.05) is 31.5 Å². The summed E-state index contributed by atoms with van der Waals surface area (Å²) in [4.78, 5) is 21.2. The topological polar surface area (TPSA) is 66.3 Å². The molecule has 134 valence electrons. The number of nitrogens with one attached hydrogen (secondary N) is 1. The van der Waals surface area contributed by atoms with Crippen LogP contribution in [0.3, 0.4) is 0 Å². The zero-order valence-electron chi connectivity index (χ0n) is 14.9. The number of nitrogens with zero attached hydrogens (tertiary/aromatic N) is 5. The van der Waals surface area contributed by atoms with Crippen LogP contribution in [0.2, 0.25) is 0 Å². The summed E-state index contributed by atoms with van der Waals surface area (Å²) in [6.07, 6.45) is 4.48. The Kier molecular flexibility index (Phi) is 5.65. The quantitative estimate of drug-likeness (QED) is 0.874. The fourth-order valence-corrected chi connectivity index (χ4v) is 3.36. The van der Waals surface area contributed by atoms with Crippen molar-refractivity contribution < 1.29 is 4.79 Å². The maximum atomic E-state index is 12.6. The number of anilines is 1. The van der Waals surface area contributed by atoms with E-state index in [0.717, 1.165) is 38.3 Å². The van der Waals surface area contributed by atoms with E-state index in [1.807, 2.05) is 29.2 Å². The Bertz CT molecular complexity index is 682. The molecule has 0 aliphatic carbocycles. The van der Waals surface area contributed by atoms with Crippen LogP contribution in [-0.4, -0.2) is 62.8 Å². The lowest BCUT2D eigenvalue weighted by Crippen LogP contribution is -2.40. The first-order valence-electron chi connectivity index (χ1n) is 8.93. The molecule has 7 heteroatoms. The average molecular weight is 342 g/mol. The van der Waals surface area contributed by atoms with Crippen molar-refractivity contribution in [2.24, 2.45) is 0 Å². The fourth-order valence-electron chi connectivity index (χ4n) is 3.36. The van der Waals surface area contributed by atoms with E-state index in [1.54, 1.807) is 17.1 Å². The van der Waals surface area contributed by atoms with Crippen molar-refractivity contribution in [3.05, 3.63) is 42.4 Å². The Morgan fingerprint density at radius 3 is 2.84 bits per heavy atom. The van der Waals surface area contributed by atoms with Gasteiger partial charge in [0, 0.05) is 31.4 Å². The van der Waals surface area contributed by atoms with Gasteiger partial charge in [0.05, 0.1) is 18.4 Å². The van der Waals surface area contributed by atoms with E-state index in [2.05, 4.69) is 34.1 Å². The Morgan fingerprint density at radius 1 is 1.28 bits per heavy atom. The van der Waals surface area contributed by atoms with E-state index in [0.29, 0.717) is 18.4 Å². The second-order valence-electron chi connectivity index (χ2n) is 6.24. The highest BCUT2D eigenvalue weighted by atomic mass is 16.2. The van der Waals surface area contributed by atoms with Gasteiger partial charge in [-0.05, 0) is 31.6 Å². The molecule has 7 nitrogen and oxygen atoms in total. The number of carbonyl (C=O) groups is 1. The highest BCUT2D eigenvalue weighted by molar-refractivity contribution is 5.88. The average Bonchev–Trinajstić information content (AvgIpc) is 3.27. The third-order valence-electron chi connectivity index (χ3n) is 4.77. The summed E-state index contributed by atoms with van der Waals surface area (Å²) in [6.45, 7) is 8.49. The molecule has 1 N–H and O–H groups in total. The molecule has 3 heterocycles. The van der Waals surface area contributed by atoms with Crippen LogP contribution in [0.5, 0.6) is 0 Å². The largest absolute Gasteiger partial charge is 0.323 e. The summed E-state index contributed by atoms with van der Waals surface area (Å²) >= 11 is 0. The zero-order chi connectivity index (χ0) is 17.6. The Labute approximate surface area is 148 Å². The lowest BCUT2D eigenvalue weighted by Gasteiger charge is -2.26. The predicted octanol–water partition coefficient (Wildman–Crippen LogP) is 2.27. The normalized spacial score (nSPS) is 17.2. The molecular weight excluding hydrogens is 316 g/mol. The van der Waals surface area contributed by atoms with Gasteiger partial charge in [-0.25, -0.2) is 9.48 Å². The molecular formula is C18H26N6O. The zero-order valence-corrected chi connectivity index (χ0v) is 14.9. The van der Waals surface area contributed by atoms with Crippen molar-refractivity contribution in [3.8, 4) is 0 Å². The van der Waals surface area contributed by atoms with E-state index in [-0.39, 0.29) is 6.03 Å². The van der Waals surface area contributed by atoms with Crippen LogP contribution in [0.25, 0.3) is 0 Å². The van der Waals surface area contributed by atoms with Gasteiger partial charge in [-0.2, -0.15) is 5.10 Å². The van der Waals surface area contributed by atoms with Gasteiger partial charge in [0.2, 0.25) is 0 Å². The first-order valence-corrected chi connectivity index (χ1v) is 8.93. The smallest absolute Gasteiger partial charge is 0.323 e. The van der Waals surface area contributed by atoms with Gasteiger partial charge in [-0.1, -0.05) is 19.9 Å². The van der Waals surface area contributed by atoms with Crippen LogP contribution in [0.1, 0.15) is 26.0 Å². The number of carbonyl (C=O) groups excluding carboxylic acids is 1. The summed E-state index contributed by atoms with van der Waals surface area (Å²) in [7, 11) is 0. The monoisotopic (exact) mass is 342 g/mol. The SMILES string of the molecule is CCN(CC)C1CCN(C(=O)Nc2ccnn2Cc2ccccn2)C1. The molecule has 2 aromatic heterocycles. The van der Waals surface area contributed by atoms with E-state index < -0.39 is 0 Å². The first kappa shape index (κ1) is 17.4. The number of pyridine rings is 1. The minimum Gasteiger partial charge on any atom is -0.323 e. The van der Waals surface area contributed by atoms with Gasteiger partial charge in [0.1, 0.15) is 5.82 Å². The molecule has 0 aromatic carbocycles. The highest BCUT2D eigenvalue weighted by Crippen LogP contribution is 2.17. The molecule has 1 aliphatic rings. The third kappa shape index (κ3) is 4.17. The second-order valence-corrected chi connectivity index (χ2v) is 6.24. The molecule has 1 atom stereocenters. The van der Waals surface area contributed by atoms with E-state index >= 15 is 0 Å². The van der Waals surface area contributed by atoms with Gasteiger partial charge in [-0.3, -0.25) is 15.2 Å². The van der Waals surface area contributed by atoms with E-state index in [9.17, 15) is 4.79 Å². The van der Waals surface area contributed by atoms with Crippen LogP contribution in [0.4, 0.5) is 10.6 Å². The molecule has 0 radical (unpaired) electrons. The summed E-state index contributed by atoms with van der Waals surface area (Å²) in [5.41, 5.74) is 0.907. The molecule has 0 bridgehead atoms. The molecule has 1 saturated heterocycles. The Balaban J connectivity index is 1.60. The number of rotatable bonds is 6. The molecule has 1 unspecified atom stereocenters. The van der Waals surface area contributed by atoms with Crippen molar-refractivity contribution >= 4 is 11.8 Å². The highest BCUT2D eigenvalue weighted by Gasteiger charge is 2.29. The molecule has 25 heavy (non-hydrogen) atoms. The Morgan fingerprint density at radius 2 is 2.12 bits per heavy atom. The van der Waals surface area contributed by atoms with Gasteiger partial charge >= 0.3 is 6.03 Å². The van der Waals surface area contributed by atoms with Crippen molar-refractivity contribution in [1.82, 2.24) is 24.6 Å². The molecule has 1 fully saturated rings. The van der Waals surface area contributed by atoms with E-state index in [4.69, 9.17) is 0 Å².